The van der Waals surface area contributed by atoms with Crippen molar-refractivity contribution >= 4 is 34.1 Å². The molecule has 136 valence electrons. The third-order valence-electron chi connectivity index (χ3n) is 3.50. The highest BCUT2D eigenvalue weighted by Gasteiger charge is 2.13. The van der Waals surface area contributed by atoms with Crippen LogP contribution in [0.2, 0.25) is 0 Å². The number of nitrogens with zero attached hydrogens (tertiary/aromatic N) is 4. The van der Waals surface area contributed by atoms with Gasteiger partial charge in [0, 0.05) is 12.7 Å². The number of rotatable bonds is 8. The smallest absolute Gasteiger partial charge is 0.236 e. The lowest BCUT2D eigenvalue weighted by atomic mass is 10.2. The zero-order chi connectivity index (χ0) is 18.4. The molecular weight excluding hydrogens is 370 g/mol. The minimum absolute atomic E-state index is 0.133. The van der Waals surface area contributed by atoms with E-state index < -0.39 is 0 Å². The Bertz CT molecular complexity index is 863. The summed E-state index contributed by atoms with van der Waals surface area (Å²) >= 11 is 2.71. The lowest BCUT2D eigenvalue weighted by Gasteiger charge is -2.07. The Morgan fingerprint density at radius 2 is 2.12 bits per heavy atom. The van der Waals surface area contributed by atoms with E-state index in [9.17, 15) is 9.90 Å². The molecule has 0 atom stereocenters. The van der Waals surface area contributed by atoms with Gasteiger partial charge in [-0.25, -0.2) is 4.98 Å². The normalized spacial score (nSPS) is 10.8. The molecule has 2 heterocycles. The second kappa shape index (κ2) is 8.93. The van der Waals surface area contributed by atoms with Crippen molar-refractivity contribution in [2.24, 2.45) is 0 Å². The zero-order valence-corrected chi connectivity index (χ0v) is 15.9. The van der Waals surface area contributed by atoms with Crippen LogP contribution in [0.4, 0.5) is 5.13 Å². The number of aliphatic hydroxyl groups is 1. The number of imidazole rings is 1. The minimum Gasteiger partial charge on any atom is -0.390 e. The summed E-state index contributed by atoms with van der Waals surface area (Å²) in [5.74, 6) is 0.0474. The number of anilines is 1. The molecule has 3 rings (SSSR count). The van der Waals surface area contributed by atoms with Gasteiger partial charge in [-0.15, -0.1) is 10.2 Å². The van der Waals surface area contributed by atoms with Gasteiger partial charge in [-0.1, -0.05) is 60.4 Å². The summed E-state index contributed by atoms with van der Waals surface area (Å²) in [6.07, 6.45) is 2.61. The Labute approximate surface area is 159 Å². The molecule has 0 fully saturated rings. The van der Waals surface area contributed by atoms with E-state index in [-0.39, 0.29) is 18.3 Å². The quantitative estimate of drug-likeness (QED) is 0.575. The van der Waals surface area contributed by atoms with Crippen LogP contribution in [0.15, 0.2) is 41.7 Å². The molecule has 1 amide bonds. The first-order valence-electron chi connectivity index (χ1n) is 8.13. The number of hydrogen-bond acceptors (Lipinski definition) is 7. The maximum Gasteiger partial charge on any atom is 0.236 e. The molecule has 2 aromatic heterocycles. The zero-order valence-electron chi connectivity index (χ0n) is 14.3. The molecule has 0 aliphatic carbocycles. The molecule has 26 heavy (non-hydrogen) atoms. The van der Waals surface area contributed by atoms with E-state index in [1.807, 2.05) is 48.0 Å². The number of aliphatic hydroxyl groups excluding tert-OH is 1. The number of carbonyl (C=O) groups excluding carboxylic acids is 1. The van der Waals surface area contributed by atoms with Crippen LogP contribution < -0.4 is 5.32 Å². The average molecular weight is 390 g/mol. The number of hydrogen-bond donors (Lipinski definition) is 2. The van der Waals surface area contributed by atoms with Crippen molar-refractivity contribution in [3.8, 4) is 0 Å². The molecule has 0 aliphatic rings. The topological polar surface area (TPSA) is 92.9 Å². The van der Waals surface area contributed by atoms with Crippen LogP contribution in [0.5, 0.6) is 0 Å². The van der Waals surface area contributed by atoms with Crippen molar-refractivity contribution in [1.82, 2.24) is 19.7 Å². The third kappa shape index (κ3) is 4.90. The summed E-state index contributed by atoms with van der Waals surface area (Å²) in [7, 11) is 0. The van der Waals surface area contributed by atoms with Crippen LogP contribution in [0.1, 0.15) is 23.2 Å². The summed E-state index contributed by atoms with van der Waals surface area (Å²) in [6, 6.07) is 9.98. The van der Waals surface area contributed by atoms with E-state index in [4.69, 9.17) is 0 Å². The Hall–Kier alpha value is -2.23. The number of aromatic nitrogens is 4. The van der Waals surface area contributed by atoms with Gasteiger partial charge < -0.3 is 9.67 Å². The van der Waals surface area contributed by atoms with Gasteiger partial charge in [0.05, 0.1) is 18.1 Å². The summed E-state index contributed by atoms with van der Waals surface area (Å²) in [4.78, 5) is 16.5. The van der Waals surface area contributed by atoms with Gasteiger partial charge in [0.25, 0.3) is 0 Å². The van der Waals surface area contributed by atoms with Crippen LogP contribution in [-0.2, 0) is 24.4 Å². The van der Waals surface area contributed by atoms with Gasteiger partial charge in [0.2, 0.25) is 11.0 Å². The molecule has 0 bridgehead atoms. The Kier molecular flexibility index (Phi) is 6.37. The van der Waals surface area contributed by atoms with Gasteiger partial charge in [-0.3, -0.25) is 10.1 Å². The molecule has 2 N–H and O–H groups in total. The lowest BCUT2D eigenvalue weighted by Crippen LogP contribution is -2.14. The van der Waals surface area contributed by atoms with Gasteiger partial charge in [-0.2, -0.15) is 0 Å². The molecule has 7 nitrogen and oxygen atoms in total. The van der Waals surface area contributed by atoms with Gasteiger partial charge >= 0.3 is 0 Å². The van der Waals surface area contributed by atoms with E-state index in [0.717, 1.165) is 17.0 Å². The minimum atomic E-state index is -0.159. The van der Waals surface area contributed by atoms with Gasteiger partial charge in [-0.05, 0) is 12.0 Å². The highest BCUT2D eigenvalue weighted by atomic mass is 32.2. The molecule has 0 radical (unpaired) electrons. The molecule has 0 spiro atoms. The van der Waals surface area contributed by atoms with Crippen molar-refractivity contribution < 1.29 is 9.90 Å². The fraction of sp³-hybridized carbons (Fsp3) is 0.294. The summed E-state index contributed by atoms with van der Waals surface area (Å²) in [5.41, 5.74) is 1.71. The van der Waals surface area contributed by atoms with Crippen molar-refractivity contribution in [1.29, 1.82) is 0 Å². The van der Waals surface area contributed by atoms with Crippen molar-refractivity contribution in [3.05, 3.63) is 52.8 Å². The monoisotopic (exact) mass is 389 g/mol. The second-order valence-electron chi connectivity index (χ2n) is 5.48. The fourth-order valence-corrected chi connectivity index (χ4v) is 3.76. The van der Waals surface area contributed by atoms with Crippen LogP contribution in [0, 0.1) is 0 Å². The van der Waals surface area contributed by atoms with E-state index in [1.54, 1.807) is 0 Å². The summed E-state index contributed by atoms with van der Waals surface area (Å²) in [6.45, 7) is 2.49. The highest BCUT2D eigenvalue weighted by molar-refractivity contribution is 7.99. The highest BCUT2D eigenvalue weighted by Crippen LogP contribution is 2.21. The molecule has 0 aliphatic heterocycles. The number of amides is 1. The Morgan fingerprint density at radius 3 is 2.81 bits per heavy atom. The molecule has 0 saturated carbocycles. The van der Waals surface area contributed by atoms with E-state index in [1.165, 1.54) is 23.1 Å². The first-order valence-corrected chi connectivity index (χ1v) is 9.94. The first kappa shape index (κ1) is 18.6. The van der Waals surface area contributed by atoms with Crippen LogP contribution in [-0.4, -0.2) is 36.5 Å². The van der Waals surface area contributed by atoms with E-state index in [0.29, 0.717) is 22.5 Å². The third-order valence-corrected chi connectivity index (χ3v) is 5.47. The molecular formula is C17H19N5O2S2. The fourth-order valence-electron chi connectivity index (χ4n) is 2.27. The summed E-state index contributed by atoms with van der Waals surface area (Å²) < 4.78 is 1.94. The van der Waals surface area contributed by atoms with Gasteiger partial charge in [0.1, 0.15) is 5.01 Å². The molecule has 3 aromatic rings. The lowest BCUT2D eigenvalue weighted by molar-refractivity contribution is -0.113. The van der Waals surface area contributed by atoms with Crippen LogP contribution in [0.3, 0.4) is 0 Å². The van der Waals surface area contributed by atoms with E-state index in [2.05, 4.69) is 20.5 Å². The van der Waals surface area contributed by atoms with Crippen molar-refractivity contribution in [2.45, 2.75) is 31.7 Å². The van der Waals surface area contributed by atoms with Gasteiger partial charge in [0.15, 0.2) is 5.16 Å². The molecule has 0 unspecified atom stereocenters. The maximum atomic E-state index is 12.1. The largest absolute Gasteiger partial charge is 0.390 e. The van der Waals surface area contributed by atoms with Crippen LogP contribution in [0.25, 0.3) is 0 Å². The number of nitrogens with one attached hydrogen (secondary N) is 1. The predicted octanol–water partition coefficient (Wildman–Crippen LogP) is 2.57. The summed E-state index contributed by atoms with van der Waals surface area (Å²) in [5, 5.41) is 22.1. The molecule has 9 heteroatoms. The van der Waals surface area contributed by atoms with Crippen molar-refractivity contribution in [3.63, 3.8) is 0 Å². The predicted molar refractivity (Wildman–Crippen MR) is 102 cm³/mol. The number of carbonyl (C=O) groups is 1. The maximum absolute atomic E-state index is 12.1. The number of aryl methyl sites for hydroxylation is 1. The number of benzene rings is 1. The standard InChI is InChI=1S/C17H19N5O2S2/c1-2-15-20-21-16(26-15)19-14(24)11-25-17-18-13(10-23)9-22(17)8-12-6-4-3-5-7-12/h3-7,9,23H,2,8,10-11H2,1H3,(H,19,21,24). The SMILES string of the molecule is CCc1nnc(NC(=O)CSc2nc(CO)cn2Cc2ccccc2)s1. The Balaban J connectivity index is 1.63. The second-order valence-corrected chi connectivity index (χ2v) is 7.48. The van der Waals surface area contributed by atoms with E-state index >= 15 is 0 Å². The Morgan fingerprint density at radius 1 is 1.31 bits per heavy atom. The average Bonchev–Trinajstić information content (AvgIpc) is 3.27. The first-order chi connectivity index (χ1) is 12.7. The molecule has 1 aromatic carbocycles. The van der Waals surface area contributed by atoms with Crippen LogP contribution >= 0.6 is 23.1 Å². The molecule has 0 saturated heterocycles. The number of thioether (sulfide) groups is 1. The van der Waals surface area contributed by atoms with Crippen molar-refractivity contribution in [2.75, 3.05) is 11.1 Å².